The smallest absolute Gasteiger partial charge is 0.150 e. The van der Waals surface area contributed by atoms with Crippen molar-refractivity contribution in [1.29, 1.82) is 0 Å². The zero-order valence-electron chi connectivity index (χ0n) is 13.7. The van der Waals surface area contributed by atoms with E-state index in [1.54, 1.807) is 12.4 Å². The maximum absolute atomic E-state index is 11.8. The van der Waals surface area contributed by atoms with Crippen LogP contribution in [0, 0.1) is 5.92 Å². The van der Waals surface area contributed by atoms with Crippen LogP contribution in [0.4, 0.5) is 0 Å². The van der Waals surface area contributed by atoms with Crippen molar-refractivity contribution < 1.29 is 8.42 Å². The summed E-state index contributed by atoms with van der Waals surface area (Å²) in [7, 11) is -2.88. The van der Waals surface area contributed by atoms with Crippen LogP contribution in [0.1, 0.15) is 6.42 Å². The van der Waals surface area contributed by atoms with Crippen molar-refractivity contribution in [3.63, 3.8) is 0 Å². The molecule has 0 N–H and O–H groups in total. The van der Waals surface area contributed by atoms with Crippen LogP contribution in [0.5, 0.6) is 0 Å². The molecule has 0 amide bonds. The fraction of sp³-hybridized carbons (Fsp3) is 0.263. The van der Waals surface area contributed by atoms with E-state index in [2.05, 4.69) is 14.5 Å². The normalized spacial score (nSPS) is 19.1. The van der Waals surface area contributed by atoms with Gasteiger partial charge in [0.15, 0.2) is 9.84 Å². The SMILES string of the molecule is O=S1(=O)CC[C@@H](Cn2cnc(-c3ccccc3)c2-c2ccncc2)C1. The lowest BCUT2D eigenvalue weighted by Crippen LogP contribution is -2.12. The van der Waals surface area contributed by atoms with E-state index >= 15 is 0 Å². The summed E-state index contributed by atoms with van der Waals surface area (Å²) in [4.78, 5) is 8.73. The Balaban J connectivity index is 1.76. The first-order valence-corrected chi connectivity index (χ1v) is 10.2. The van der Waals surface area contributed by atoms with E-state index in [4.69, 9.17) is 0 Å². The molecule has 1 atom stereocenters. The summed E-state index contributed by atoms with van der Waals surface area (Å²) >= 11 is 0. The highest BCUT2D eigenvalue weighted by Crippen LogP contribution is 2.32. The number of pyridine rings is 1. The van der Waals surface area contributed by atoms with Gasteiger partial charge >= 0.3 is 0 Å². The minimum absolute atomic E-state index is 0.142. The van der Waals surface area contributed by atoms with Gasteiger partial charge in [-0.2, -0.15) is 0 Å². The van der Waals surface area contributed by atoms with E-state index in [-0.39, 0.29) is 11.7 Å². The molecule has 3 heterocycles. The number of benzene rings is 1. The summed E-state index contributed by atoms with van der Waals surface area (Å²) in [5.74, 6) is 0.702. The zero-order valence-corrected chi connectivity index (χ0v) is 14.6. The monoisotopic (exact) mass is 353 g/mol. The third-order valence-corrected chi connectivity index (χ3v) is 6.46. The predicted molar refractivity (Wildman–Crippen MR) is 97.7 cm³/mol. The van der Waals surface area contributed by atoms with Gasteiger partial charge in [-0.15, -0.1) is 0 Å². The number of sulfone groups is 1. The fourth-order valence-corrected chi connectivity index (χ4v) is 5.28. The minimum atomic E-state index is -2.88. The zero-order chi connectivity index (χ0) is 17.3. The van der Waals surface area contributed by atoms with Crippen molar-refractivity contribution in [2.24, 2.45) is 5.92 Å². The first kappa shape index (κ1) is 16.0. The van der Waals surface area contributed by atoms with Gasteiger partial charge in [0.25, 0.3) is 0 Å². The summed E-state index contributed by atoms with van der Waals surface area (Å²) in [6, 6.07) is 14.0. The largest absolute Gasteiger partial charge is 0.330 e. The van der Waals surface area contributed by atoms with Gasteiger partial charge < -0.3 is 4.57 Å². The predicted octanol–water partition coefficient (Wildman–Crippen LogP) is 3.05. The number of nitrogens with zero attached hydrogens (tertiary/aromatic N) is 3. The second kappa shape index (κ2) is 6.44. The van der Waals surface area contributed by atoms with E-state index < -0.39 is 9.84 Å². The van der Waals surface area contributed by atoms with Crippen LogP contribution in [0.3, 0.4) is 0 Å². The Morgan fingerprint density at radius 1 is 1.04 bits per heavy atom. The van der Waals surface area contributed by atoms with E-state index in [0.29, 0.717) is 12.3 Å². The standard InChI is InChI=1S/C19H19N3O2S/c23-25(24)11-8-15(13-25)12-22-14-21-18(16-4-2-1-3-5-16)19(22)17-6-9-20-10-7-17/h1-7,9-10,14-15H,8,11-13H2/t15-/m0/s1. The number of rotatable bonds is 4. The molecule has 128 valence electrons. The summed E-state index contributed by atoms with van der Waals surface area (Å²) in [5.41, 5.74) is 4.00. The molecule has 0 spiro atoms. The number of hydrogen-bond acceptors (Lipinski definition) is 4. The van der Waals surface area contributed by atoms with Gasteiger partial charge in [0.1, 0.15) is 0 Å². The highest BCUT2D eigenvalue weighted by molar-refractivity contribution is 7.91. The van der Waals surface area contributed by atoms with Gasteiger partial charge in [0.2, 0.25) is 0 Å². The molecule has 3 aromatic rings. The Kier molecular flexibility index (Phi) is 4.13. The first-order chi connectivity index (χ1) is 12.1. The molecular weight excluding hydrogens is 334 g/mol. The van der Waals surface area contributed by atoms with E-state index in [0.717, 1.165) is 28.9 Å². The van der Waals surface area contributed by atoms with Crippen molar-refractivity contribution in [3.05, 3.63) is 61.2 Å². The summed E-state index contributed by atoms with van der Waals surface area (Å²) in [6.45, 7) is 0.663. The van der Waals surface area contributed by atoms with Crippen LogP contribution in [-0.4, -0.2) is 34.5 Å². The van der Waals surface area contributed by atoms with Crippen molar-refractivity contribution >= 4 is 9.84 Å². The molecule has 1 saturated heterocycles. The molecule has 25 heavy (non-hydrogen) atoms. The van der Waals surface area contributed by atoms with Gasteiger partial charge in [-0.1, -0.05) is 30.3 Å². The lowest BCUT2D eigenvalue weighted by molar-refractivity contribution is 0.493. The summed E-state index contributed by atoms with van der Waals surface area (Å²) < 4.78 is 25.6. The van der Waals surface area contributed by atoms with Gasteiger partial charge in [0, 0.05) is 30.1 Å². The molecular formula is C19H19N3O2S. The van der Waals surface area contributed by atoms with Crippen LogP contribution in [0.25, 0.3) is 22.5 Å². The van der Waals surface area contributed by atoms with Crippen LogP contribution in [0.2, 0.25) is 0 Å². The highest BCUT2D eigenvalue weighted by atomic mass is 32.2. The average Bonchev–Trinajstić information content (AvgIpc) is 3.19. The van der Waals surface area contributed by atoms with Crippen LogP contribution < -0.4 is 0 Å². The Hall–Kier alpha value is -2.47. The van der Waals surface area contributed by atoms with Crippen LogP contribution >= 0.6 is 0 Å². The molecule has 5 nitrogen and oxygen atoms in total. The Morgan fingerprint density at radius 3 is 2.48 bits per heavy atom. The third kappa shape index (κ3) is 3.35. The molecule has 4 rings (SSSR count). The molecule has 0 unspecified atom stereocenters. The van der Waals surface area contributed by atoms with Gasteiger partial charge in [-0.05, 0) is 24.5 Å². The maximum Gasteiger partial charge on any atom is 0.150 e. The molecule has 0 saturated carbocycles. The molecule has 1 aromatic carbocycles. The van der Waals surface area contributed by atoms with E-state index in [1.165, 1.54) is 0 Å². The second-order valence-corrected chi connectivity index (χ2v) is 8.69. The maximum atomic E-state index is 11.8. The summed E-state index contributed by atoms with van der Waals surface area (Å²) in [5, 5.41) is 0. The fourth-order valence-electron chi connectivity index (χ4n) is 3.43. The van der Waals surface area contributed by atoms with Crippen molar-refractivity contribution in [1.82, 2.24) is 14.5 Å². The molecule has 6 heteroatoms. The molecule has 1 aliphatic heterocycles. The minimum Gasteiger partial charge on any atom is -0.330 e. The van der Waals surface area contributed by atoms with Gasteiger partial charge in [-0.25, -0.2) is 13.4 Å². The average molecular weight is 353 g/mol. The molecule has 0 aliphatic carbocycles. The van der Waals surface area contributed by atoms with Gasteiger partial charge in [0.05, 0.1) is 29.2 Å². The second-order valence-electron chi connectivity index (χ2n) is 6.47. The topological polar surface area (TPSA) is 64.8 Å². The lowest BCUT2D eigenvalue weighted by atomic mass is 10.0. The molecule has 0 radical (unpaired) electrons. The number of imidazole rings is 1. The Labute approximate surface area is 147 Å². The van der Waals surface area contributed by atoms with Crippen LogP contribution in [-0.2, 0) is 16.4 Å². The highest BCUT2D eigenvalue weighted by Gasteiger charge is 2.29. The Morgan fingerprint density at radius 2 is 1.80 bits per heavy atom. The molecule has 2 aromatic heterocycles. The van der Waals surface area contributed by atoms with E-state index in [9.17, 15) is 8.42 Å². The molecule has 0 bridgehead atoms. The quantitative estimate of drug-likeness (QED) is 0.723. The number of aromatic nitrogens is 3. The first-order valence-electron chi connectivity index (χ1n) is 8.34. The number of hydrogen-bond donors (Lipinski definition) is 0. The molecule has 1 fully saturated rings. The Bertz CT molecular complexity index is 966. The lowest BCUT2D eigenvalue weighted by Gasteiger charge is -2.14. The van der Waals surface area contributed by atoms with Crippen molar-refractivity contribution in [2.45, 2.75) is 13.0 Å². The molecule has 1 aliphatic rings. The van der Waals surface area contributed by atoms with Gasteiger partial charge in [-0.3, -0.25) is 4.98 Å². The van der Waals surface area contributed by atoms with E-state index in [1.807, 2.05) is 48.8 Å². The summed E-state index contributed by atoms with van der Waals surface area (Å²) in [6.07, 6.45) is 6.07. The third-order valence-electron chi connectivity index (χ3n) is 4.62. The van der Waals surface area contributed by atoms with Crippen molar-refractivity contribution in [2.75, 3.05) is 11.5 Å². The van der Waals surface area contributed by atoms with Crippen LogP contribution in [0.15, 0.2) is 61.2 Å². The van der Waals surface area contributed by atoms with Crippen molar-refractivity contribution in [3.8, 4) is 22.5 Å².